The molecule has 0 fully saturated rings. The van der Waals surface area contributed by atoms with Crippen molar-refractivity contribution in [3.8, 4) is 0 Å². The molecule has 0 aromatic carbocycles. The fourth-order valence-corrected chi connectivity index (χ4v) is 0.806. The molecule has 3 N–H and O–H groups in total. The number of carbonyl (C=O) groups excluding carboxylic acids is 1. The van der Waals surface area contributed by atoms with Gasteiger partial charge in [-0.05, 0) is 13.8 Å². The van der Waals surface area contributed by atoms with Crippen LogP contribution in [0, 0.1) is 0 Å². The molecular formula is C4H10NO4P. The second kappa shape index (κ2) is 3.14. The van der Waals surface area contributed by atoms with Gasteiger partial charge in [-0.1, -0.05) is 0 Å². The van der Waals surface area contributed by atoms with E-state index < -0.39 is 19.8 Å². The van der Waals surface area contributed by atoms with Crippen LogP contribution in [0.3, 0.4) is 0 Å². The van der Waals surface area contributed by atoms with Gasteiger partial charge in [0.25, 0.3) is 0 Å². The van der Waals surface area contributed by atoms with Gasteiger partial charge in [0.2, 0.25) is 5.91 Å². The van der Waals surface area contributed by atoms with Gasteiger partial charge in [-0.2, -0.15) is 0 Å². The van der Waals surface area contributed by atoms with Crippen molar-refractivity contribution in [1.82, 2.24) is 0 Å². The first-order valence-corrected chi connectivity index (χ1v) is 3.84. The molecule has 0 bridgehead atoms. The largest absolute Gasteiger partial charge is 0.367 e. The highest BCUT2D eigenvalue weighted by atomic mass is 31.1. The SMILES string of the molecule is CC(C)(O[PH](=O)O)C(N)=O. The number of amides is 1. The summed E-state index contributed by atoms with van der Waals surface area (Å²) in [5.41, 5.74) is 3.46. The third-order valence-corrected chi connectivity index (χ3v) is 1.62. The van der Waals surface area contributed by atoms with Crippen LogP contribution in [0.15, 0.2) is 0 Å². The van der Waals surface area contributed by atoms with E-state index in [1.54, 1.807) is 0 Å². The second-order valence-corrected chi connectivity index (χ2v) is 2.98. The van der Waals surface area contributed by atoms with Crippen LogP contribution in [0.4, 0.5) is 0 Å². The molecule has 10 heavy (non-hydrogen) atoms. The quantitative estimate of drug-likeness (QED) is 0.562. The highest BCUT2D eigenvalue weighted by Crippen LogP contribution is 2.24. The van der Waals surface area contributed by atoms with Gasteiger partial charge in [0.1, 0.15) is 5.60 Å². The summed E-state index contributed by atoms with van der Waals surface area (Å²) >= 11 is 0. The van der Waals surface area contributed by atoms with Crippen LogP contribution < -0.4 is 5.73 Å². The molecule has 1 unspecified atom stereocenters. The summed E-state index contributed by atoms with van der Waals surface area (Å²) < 4.78 is 14.4. The molecule has 0 aromatic heterocycles. The molecule has 1 amide bonds. The number of rotatable bonds is 3. The van der Waals surface area contributed by atoms with Gasteiger partial charge in [0.05, 0.1) is 0 Å². The number of primary amides is 1. The van der Waals surface area contributed by atoms with Crippen molar-refractivity contribution in [1.29, 1.82) is 0 Å². The number of carbonyl (C=O) groups is 1. The van der Waals surface area contributed by atoms with Crippen LogP contribution >= 0.6 is 8.25 Å². The van der Waals surface area contributed by atoms with Gasteiger partial charge >= 0.3 is 8.25 Å². The van der Waals surface area contributed by atoms with E-state index in [1.807, 2.05) is 0 Å². The maximum Gasteiger partial charge on any atom is 0.317 e. The van der Waals surface area contributed by atoms with Crippen molar-refractivity contribution in [3.63, 3.8) is 0 Å². The lowest BCUT2D eigenvalue weighted by molar-refractivity contribution is -0.130. The zero-order valence-corrected chi connectivity index (χ0v) is 6.75. The Kier molecular flexibility index (Phi) is 3.02. The summed E-state index contributed by atoms with van der Waals surface area (Å²) in [7, 11) is -3.09. The maximum atomic E-state index is 10.4. The highest BCUT2D eigenvalue weighted by Gasteiger charge is 2.27. The summed E-state index contributed by atoms with van der Waals surface area (Å²) in [6.45, 7) is 2.66. The van der Waals surface area contributed by atoms with Gasteiger partial charge in [0, 0.05) is 0 Å². The Morgan fingerprint density at radius 1 is 1.70 bits per heavy atom. The van der Waals surface area contributed by atoms with Crippen LogP contribution in [0.5, 0.6) is 0 Å². The molecule has 5 nitrogen and oxygen atoms in total. The topological polar surface area (TPSA) is 89.6 Å². The zero-order valence-electron chi connectivity index (χ0n) is 5.75. The van der Waals surface area contributed by atoms with E-state index in [2.05, 4.69) is 4.52 Å². The first-order chi connectivity index (χ1) is 4.36. The molecule has 6 heteroatoms. The van der Waals surface area contributed by atoms with Gasteiger partial charge < -0.3 is 10.6 Å². The summed E-state index contributed by atoms with van der Waals surface area (Å²) in [5.74, 6) is -0.764. The van der Waals surface area contributed by atoms with Crippen molar-refractivity contribution in [2.75, 3.05) is 0 Å². The van der Waals surface area contributed by atoms with E-state index in [0.29, 0.717) is 0 Å². The van der Waals surface area contributed by atoms with Crippen LogP contribution in [-0.2, 0) is 13.9 Å². The second-order valence-electron chi connectivity index (χ2n) is 2.24. The Bertz CT molecular complexity index is 167. The lowest BCUT2D eigenvalue weighted by atomic mass is 10.1. The Morgan fingerprint density at radius 2 is 2.10 bits per heavy atom. The third-order valence-electron chi connectivity index (χ3n) is 0.936. The number of hydrogen-bond acceptors (Lipinski definition) is 3. The molecule has 1 atom stereocenters. The Balaban J connectivity index is 4.13. The fraction of sp³-hybridized carbons (Fsp3) is 0.750. The van der Waals surface area contributed by atoms with Gasteiger partial charge in [-0.3, -0.25) is 13.9 Å². The predicted octanol–water partition coefficient (Wildman–Crippen LogP) is -0.351. The molecule has 0 radical (unpaired) electrons. The van der Waals surface area contributed by atoms with Crippen LogP contribution in [-0.4, -0.2) is 16.4 Å². The van der Waals surface area contributed by atoms with Crippen LogP contribution in [0.1, 0.15) is 13.8 Å². The van der Waals surface area contributed by atoms with E-state index in [4.69, 9.17) is 10.6 Å². The van der Waals surface area contributed by atoms with Gasteiger partial charge in [0.15, 0.2) is 0 Å². The number of hydrogen-bond donors (Lipinski definition) is 2. The predicted molar refractivity (Wildman–Crippen MR) is 35.6 cm³/mol. The minimum atomic E-state index is -3.09. The standard InChI is InChI=1S/C4H10NO4P/c1-4(2,3(5)6)9-10(7)8/h10H,1-2H3,(H2,5,6)(H,7,8). The van der Waals surface area contributed by atoms with E-state index in [9.17, 15) is 9.36 Å². The molecule has 60 valence electrons. The molecule has 0 heterocycles. The molecule has 0 aliphatic rings. The third kappa shape index (κ3) is 2.96. The minimum Gasteiger partial charge on any atom is -0.367 e. The van der Waals surface area contributed by atoms with Crippen molar-refractivity contribution in [2.45, 2.75) is 19.4 Å². The van der Waals surface area contributed by atoms with Gasteiger partial charge in [-0.25, -0.2) is 0 Å². The maximum absolute atomic E-state index is 10.4. The highest BCUT2D eigenvalue weighted by molar-refractivity contribution is 7.32. The van der Waals surface area contributed by atoms with E-state index >= 15 is 0 Å². The molecule has 0 aliphatic heterocycles. The number of nitrogens with two attached hydrogens (primary N) is 1. The lowest BCUT2D eigenvalue weighted by Gasteiger charge is -2.17. The van der Waals surface area contributed by atoms with Gasteiger partial charge in [-0.15, -0.1) is 0 Å². The Morgan fingerprint density at radius 3 is 2.20 bits per heavy atom. The average Bonchev–Trinajstić information content (AvgIpc) is 1.60. The van der Waals surface area contributed by atoms with E-state index in [0.717, 1.165) is 0 Å². The summed E-state index contributed by atoms with van der Waals surface area (Å²) in [6, 6.07) is 0. The molecule has 0 spiro atoms. The normalized spacial score (nSPS) is 14.7. The Hall–Kier alpha value is -0.380. The molecule has 0 saturated heterocycles. The summed E-state index contributed by atoms with van der Waals surface area (Å²) in [6.07, 6.45) is 0. The van der Waals surface area contributed by atoms with Crippen molar-refractivity contribution < 1.29 is 18.8 Å². The molecule has 0 aliphatic carbocycles. The smallest absolute Gasteiger partial charge is 0.317 e. The average molecular weight is 167 g/mol. The van der Waals surface area contributed by atoms with Crippen molar-refractivity contribution in [3.05, 3.63) is 0 Å². The zero-order chi connectivity index (χ0) is 8.36. The van der Waals surface area contributed by atoms with Crippen molar-refractivity contribution in [2.24, 2.45) is 5.73 Å². The lowest BCUT2D eigenvalue weighted by Crippen LogP contribution is -2.38. The van der Waals surface area contributed by atoms with E-state index in [-0.39, 0.29) is 0 Å². The molecule has 0 aromatic rings. The van der Waals surface area contributed by atoms with Crippen LogP contribution in [0.25, 0.3) is 0 Å². The van der Waals surface area contributed by atoms with Crippen LogP contribution in [0.2, 0.25) is 0 Å². The summed E-state index contributed by atoms with van der Waals surface area (Å²) in [4.78, 5) is 18.7. The first kappa shape index (κ1) is 9.62. The molecule has 0 rings (SSSR count). The summed E-state index contributed by atoms with van der Waals surface area (Å²) in [5, 5.41) is 0. The molecule has 0 saturated carbocycles. The Labute approximate surface area is 59.1 Å². The molecular weight excluding hydrogens is 157 g/mol. The fourth-order valence-electron chi connectivity index (χ4n) is 0.269. The minimum absolute atomic E-state index is 0.764. The first-order valence-electron chi connectivity index (χ1n) is 2.58. The van der Waals surface area contributed by atoms with Crippen molar-refractivity contribution >= 4 is 14.2 Å². The monoisotopic (exact) mass is 167 g/mol. The van der Waals surface area contributed by atoms with E-state index in [1.165, 1.54) is 13.8 Å².